The fraction of sp³-hybridized carbons (Fsp3) is 0.452. The summed E-state index contributed by atoms with van der Waals surface area (Å²) in [5.41, 5.74) is 2.34. The van der Waals surface area contributed by atoms with Crippen LogP contribution >= 0.6 is 23.2 Å². The summed E-state index contributed by atoms with van der Waals surface area (Å²) in [6.45, 7) is 0.614. The molecule has 2 fully saturated rings. The number of hydrogen-bond acceptors (Lipinski definition) is 6. The lowest BCUT2D eigenvalue weighted by Crippen LogP contribution is -2.49. The largest absolute Gasteiger partial charge is 0.481 e. The molecule has 9 nitrogen and oxygen atoms in total. The molecule has 5 rings (SSSR count). The van der Waals surface area contributed by atoms with E-state index in [1.54, 1.807) is 31.5 Å². The van der Waals surface area contributed by atoms with Gasteiger partial charge in [-0.2, -0.15) is 0 Å². The molecule has 1 saturated carbocycles. The van der Waals surface area contributed by atoms with Crippen molar-refractivity contribution < 1.29 is 29.0 Å². The van der Waals surface area contributed by atoms with Gasteiger partial charge >= 0.3 is 5.97 Å². The number of carboxylic acid groups (broad SMARTS) is 1. The molecule has 0 radical (unpaired) electrons. The number of carboxylic acids is 1. The molecule has 2 N–H and O–H groups in total. The van der Waals surface area contributed by atoms with Crippen molar-refractivity contribution in [1.82, 2.24) is 9.47 Å². The number of para-hydroxylation sites is 1. The van der Waals surface area contributed by atoms with Crippen LogP contribution in [0.2, 0.25) is 5.02 Å². The van der Waals surface area contributed by atoms with Gasteiger partial charge in [0.2, 0.25) is 0 Å². The first kappa shape index (κ1) is 30.5. The summed E-state index contributed by atoms with van der Waals surface area (Å²) >= 11 is 13.4. The van der Waals surface area contributed by atoms with Crippen LogP contribution in [0.25, 0.3) is 10.9 Å². The van der Waals surface area contributed by atoms with E-state index in [1.807, 2.05) is 40.8 Å². The first-order valence-electron chi connectivity index (χ1n) is 14.2. The van der Waals surface area contributed by atoms with Gasteiger partial charge in [-0.15, -0.1) is 11.6 Å². The van der Waals surface area contributed by atoms with E-state index in [2.05, 4.69) is 5.32 Å². The highest BCUT2D eigenvalue weighted by Crippen LogP contribution is 2.35. The summed E-state index contributed by atoms with van der Waals surface area (Å²) < 4.78 is 13.9. The van der Waals surface area contributed by atoms with E-state index >= 15 is 0 Å². The Bertz CT molecular complexity index is 1470. The van der Waals surface area contributed by atoms with Gasteiger partial charge in [0.15, 0.2) is 12.0 Å². The maximum Gasteiger partial charge on any atom is 0.306 e. The Labute approximate surface area is 254 Å². The zero-order chi connectivity index (χ0) is 30.0. The molecule has 3 atom stereocenters. The third-order valence-corrected chi connectivity index (χ3v) is 9.10. The highest BCUT2D eigenvalue weighted by Gasteiger charge is 2.41. The lowest BCUT2D eigenvalue weighted by Gasteiger charge is -2.36. The highest BCUT2D eigenvalue weighted by molar-refractivity contribution is 6.35. The molecule has 3 aromatic rings. The quantitative estimate of drug-likeness (QED) is 0.270. The first-order chi connectivity index (χ1) is 20.2. The number of aryl methyl sites for hydroxylation is 1. The van der Waals surface area contributed by atoms with Crippen molar-refractivity contribution in [1.29, 1.82) is 0 Å². The van der Waals surface area contributed by atoms with Crippen LogP contribution in [0.4, 0.5) is 5.69 Å². The number of carbonyl (C=O) groups is 3. The molecule has 11 heteroatoms. The molecule has 2 aromatic carbocycles. The van der Waals surface area contributed by atoms with Gasteiger partial charge in [-0.25, -0.2) is 4.90 Å². The first-order valence-corrected chi connectivity index (χ1v) is 15.0. The third kappa shape index (κ3) is 6.35. The Morgan fingerprint density at radius 1 is 1.07 bits per heavy atom. The molecule has 1 aromatic heterocycles. The second kappa shape index (κ2) is 13.1. The Kier molecular flexibility index (Phi) is 9.54. The van der Waals surface area contributed by atoms with Crippen molar-refractivity contribution in [3.8, 4) is 0 Å². The second-order valence-electron chi connectivity index (χ2n) is 11.0. The topological polar surface area (TPSA) is 110 Å². The zero-order valence-electron chi connectivity index (χ0n) is 23.6. The number of carbonyl (C=O) groups excluding carboxylic acids is 2. The number of benzene rings is 2. The van der Waals surface area contributed by atoms with Crippen LogP contribution in [-0.4, -0.2) is 64.4 Å². The molecule has 0 bridgehead atoms. The molecular weight excluding hydrogens is 581 g/mol. The molecule has 1 amide bonds. The number of aliphatic carboxylic acids is 1. The van der Waals surface area contributed by atoms with Gasteiger partial charge in [0.25, 0.3) is 5.91 Å². The van der Waals surface area contributed by atoms with Gasteiger partial charge in [0.05, 0.1) is 28.3 Å². The standard InChI is InChI=1S/C31H35Cl2N3O6/c1-35-17-22(21-6-3-4-7-25(21)35)29(38)34-24-14-11-19(16-23(24)32)27(33)28(37)30(36-15-5-8-26(36)41-2)42-20-12-9-18(10-13-20)31(39)40/h3-4,6-7,11,14,16-18,20,26-27,30H,5,8-10,12-13,15H2,1-2H3,(H,34,38)(H,39,40)/t18?,20?,26-,27?,30?/m0/s1. The molecule has 2 aliphatic rings. The van der Waals surface area contributed by atoms with Gasteiger partial charge < -0.3 is 24.5 Å². The third-order valence-electron chi connectivity index (χ3n) is 8.32. The lowest BCUT2D eigenvalue weighted by molar-refractivity contribution is -0.174. The van der Waals surface area contributed by atoms with Gasteiger partial charge in [0, 0.05) is 37.8 Å². The lowest BCUT2D eigenvalue weighted by atomic mass is 9.87. The minimum absolute atomic E-state index is 0.250. The molecular formula is C31H35Cl2N3O6. The van der Waals surface area contributed by atoms with E-state index < -0.39 is 17.6 Å². The van der Waals surface area contributed by atoms with Gasteiger partial charge in [-0.3, -0.25) is 14.4 Å². The molecule has 2 heterocycles. The molecule has 1 aliphatic carbocycles. The van der Waals surface area contributed by atoms with E-state index in [0.29, 0.717) is 49.0 Å². The molecule has 2 unspecified atom stereocenters. The van der Waals surface area contributed by atoms with E-state index in [4.69, 9.17) is 32.7 Å². The number of ether oxygens (including phenoxy) is 2. The summed E-state index contributed by atoms with van der Waals surface area (Å²) in [5.74, 6) is -1.83. The fourth-order valence-electron chi connectivity index (χ4n) is 6.01. The number of likely N-dealkylation sites (tertiary alicyclic amines) is 1. The number of halogens is 2. The average molecular weight is 617 g/mol. The normalized spacial score (nSPS) is 22.6. The summed E-state index contributed by atoms with van der Waals surface area (Å²) in [4.78, 5) is 40.3. The summed E-state index contributed by atoms with van der Waals surface area (Å²) in [6.07, 6.45) is 4.00. The summed E-state index contributed by atoms with van der Waals surface area (Å²) in [7, 11) is 3.49. The van der Waals surface area contributed by atoms with Crippen LogP contribution in [0.1, 0.15) is 59.8 Å². The predicted octanol–water partition coefficient (Wildman–Crippen LogP) is 5.99. The van der Waals surface area contributed by atoms with E-state index in [-0.39, 0.29) is 35.0 Å². The number of nitrogens with one attached hydrogen (secondary N) is 1. The van der Waals surface area contributed by atoms with Gasteiger partial charge in [0.1, 0.15) is 11.6 Å². The number of amides is 1. The van der Waals surface area contributed by atoms with Crippen molar-refractivity contribution in [3.63, 3.8) is 0 Å². The minimum Gasteiger partial charge on any atom is -0.481 e. The Balaban J connectivity index is 1.32. The number of aromatic nitrogens is 1. The predicted molar refractivity (Wildman–Crippen MR) is 161 cm³/mol. The summed E-state index contributed by atoms with van der Waals surface area (Å²) in [6, 6.07) is 12.5. The van der Waals surface area contributed by atoms with Crippen LogP contribution in [0.5, 0.6) is 0 Å². The van der Waals surface area contributed by atoms with E-state index in [1.165, 1.54) is 0 Å². The fourth-order valence-corrected chi connectivity index (χ4v) is 6.49. The smallest absolute Gasteiger partial charge is 0.306 e. The van der Waals surface area contributed by atoms with Gasteiger partial charge in [-0.05, 0) is 62.3 Å². The number of anilines is 1. The monoisotopic (exact) mass is 615 g/mol. The number of hydrogen-bond donors (Lipinski definition) is 2. The molecule has 1 saturated heterocycles. The van der Waals surface area contributed by atoms with Crippen LogP contribution in [0, 0.1) is 5.92 Å². The maximum atomic E-state index is 13.9. The second-order valence-corrected chi connectivity index (χ2v) is 11.8. The van der Waals surface area contributed by atoms with Crippen LogP contribution in [-0.2, 0) is 26.1 Å². The maximum absolute atomic E-state index is 13.9. The number of alkyl halides is 1. The van der Waals surface area contributed by atoms with Crippen molar-refractivity contribution in [3.05, 3.63) is 64.8 Å². The van der Waals surface area contributed by atoms with Crippen molar-refractivity contribution >= 4 is 57.5 Å². The van der Waals surface area contributed by atoms with Crippen LogP contribution < -0.4 is 5.32 Å². The number of rotatable bonds is 10. The average Bonchev–Trinajstić information content (AvgIpc) is 3.61. The molecule has 0 spiro atoms. The number of Topliss-reactive ketones (excluding diaryl/α,β-unsaturated/α-hetero) is 1. The Morgan fingerprint density at radius 3 is 2.50 bits per heavy atom. The number of fused-ring (bicyclic) bond motifs is 1. The van der Waals surface area contributed by atoms with Gasteiger partial charge in [-0.1, -0.05) is 35.9 Å². The number of ketones is 1. The summed E-state index contributed by atoms with van der Waals surface area (Å²) in [5, 5.41) is 12.2. The van der Waals surface area contributed by atoms with Crippen molar-refractivity contribution in [2.75, 3.05) is 19.0 Å². The Hall–Kier alpha value is -2.95. The molecule has 224 valence electrons. The van der Waals surface area contributed by atoms with Crippen LogP contribution in [0.3, 0.4) is 0 Å². The zero-order valence-corrected chi connectivity index (χ0v) is 25.1. The molecule has 42 heavy (non-hydrogen) atoms. The number of methoxy groups -OCH3 is 1. The van der Waals surface area contributed by atoms with E-state index in [9.17, 15) is 19.5 Å². The minimum atomic E-state index is -1.07. The molecule has 1 aliphatic heterocycles. The van der Waals surface area contributed by atoms with Crippen molar-refractivity contribution in [2.45, 2.75) is 62.5 Å². The highest BCUT2D eigenvalue weighted by atomic mass is 35.5. The van der Waals surface area contributed by atoms with Crippen LogP contribution in [0.15, 0.2) is 48.7 Å². The van der Waals surface area contributed by atoms with Crippen molar-refractivity contribution in [2.24, 2.45) is 13.0 Å². The SMILES string of the molecule is CO[C@H]1CCCN1C(OC1CCC(C(=O)O)CC1)C(=O)C(Cl)c1ccc(NC(=O)c2cn(C)c3ccccc23)c(Cl)c1. The van der Waals surface area contributed by atoms with E-state index in [0.717, 1.165) is 23.7 Å². The number of nitrogens with zero attached hydrogens (tertiary/aromatic N) is 2. The Morgan fingerprint density at radius 2 is 1.81 bits per heavy atom.